The Morgan fingerprint density at radius 3 is 3.08 bits per heavy atom. The van der Waals surface area contributed by atoms with Crippen LogP contribution in [0, 0.1) is 18.3 Å². The molecule has 0 radical (unpaired) electrons. The molecule has 0 aromatic heterocycles. The molecule has 0 unspecified atom stereocenters. The normalized spacial score (nSPS) is 13.3. The zero-order valence-electron chi connectivity index (χ0n) is 7.02. The smallest absolute Gasteiger partial charge is 0.0991 e. The fourth-order valence-electron chi connectivity index (χ4n) is 1.70. The summed E-state index contributed by atoms with van der Waals surface area (Å²) in [6.07, 6.45) is 1.05. The van der Waals surface area contributed by atoms with Crippen LogP contribution >= 0.6 is 0 Å². The van der Waals surface area contributed by atoms with Gasteiger partial charge in [-0.25, -0.2) is 0 Å². The third-order valence-electron chi connectivity index (χ3n) is 2.24. The Hall–Kier alpha value is -1.49. The van der Waals surface area contributed by atoms with Gasteiger partial charge in [0.15, 0.2) is 0 Å². The molecular weight excluding hydrogens is 148 g/mol. The summed E-state index contributed by atoms with van der Waals surface area (Å²) in [5, 5.41) is 12.0. The van der Waals surface area contributed by atoms with Crippen LogP contribution in [0.4, 0.5) is 5.69 Å². The maximum Gasteiger partial charge on any atom is 0.0991 e. The van der Waals surface area contributed by atoms with Gasteiger partial charge in [-0.2, -0.15) is 5.26 Å². The van der Waals surface area contributed by atoms with Crippen LogP contribution in [0.3, 0.4) is 0 Å². The largest absolute Gasteiger partial charge is 0.384 e. The number of nitriles is 1. The van der Waals surface area contributed by atoms with E-state index in [1.54, 1.807) is 0 Å². The first-order valence-electron chi connectivity index (χ1n) is 4.09. The van der Waals surface area contributed by atoms with Crippen molar-refractivity contribution in [3.8, 4) is 6.07 Å². The Labute approximate surface area is 71.8 Å². The molecule has 2 heteroatoms. The molecule has 0 amide bonds. The maximum atomic E-state index is 8.72. The molecule has 0 aliphatic carbocycles. The minimum absolute atomic E-state index is 0.773. The fraction of sp³-hybridized carbons (Fsp3) is 0.300. The highest BCUT2D eigenvalue weighted by atomic mass is 14.9. The molecule has 1 aromatic rings. The van der Waals surface area contributed by atoms with Gasteiger partial charge in [-0.3, -0.25) is 0 Å². The van der Waals surface area contributed by atoms with Crippen molar-refractivity contribution in [2.24, 2.45) is 0 Å². The Bertz CT molecular complexity index is 361. The number of anilines is 1. The quantitative estimate of drug-likeness (QED) is 0.625. The topological polar surface area (TPSA) is 35.8 Å². The van der Waals surface area contributed by atoms with Crippen LogP contribution in [0.2, 0.25) is 0 Å². The molecule has 0 saturated carbocycles. The van der Waals surface area contributed by atoms with Crippen molar-refractivity contribution in [2.45, 2.75) is 13.3 Å². The van der Waals surface area contributed by atoms with Gasteiger partial charge in [0.25, 0.3) is 0 Å². The highest BCUT2D eigenvalue weighted by molar-refractivity contribution is 5.63. The number of fused-ring (bicyclic) bond motifs is 1. The van der Waals surface area contributed by atoms with Gasteiger partial charge < -0.3 is 5.32 Å². The summed E-state index contributed by atoms with van der Waals surface area (Å²) in [4.78, 5) is 0. The minimum atomic E-state index is 0.773. The summed E-state index contributed by atoms with van der Waals surface area (Å²) in [6, 6.07) is 6.07. The Morgan fingerprint density at radius 1 is 1.50 bits per heavy atom. The predicted molar refractivity (Wildman–Crippen MR) is 48.1 cm³/mol. The van der Waals surface area contributed by atoms with Gasteiger partial charge in [0.05, 0.1) is 11.6 Å². The number of nitrogens with one attached hydrogen (secondary N) is 1. The Kier molecular flexibility index (Phi) is 1.51. The number of nitrogens with zero attached hydrogens (tertiary/aromatic N) is 1. The van der Waals surface area contributed by atoms with Crippen molar-refractivity contribution in [3.05, 3.63) is 28.8 Å². The second-order valence-corrected chi connectivity index (χ2v) is 3.12. The summed E-state index contributed by atoms with van der Waals surface area (Å²) < 4.78 is 0. The van der Waals surface area contributed by atoms with E-state index < -0.39 is 0 Å². The van der Waals surface area contributed by atoms with Crippen LogP contribution in [-0.2, 0) is 6.42 Å². The van der Waals surface area contributed by atoms with Gasteiger partial charge in [-0.15, -0.1) is 0 Å². The third-order valence-corrected chi connectivity index (χ3v) is 2.24. The van der Waals surface area contributed by atoms with Crippen LogP contribution in [-0.4, -0.2) is 6.54 Å². The highest BCUT2D eigenvalue weighted by Crippen LogP contribution is 2.27. The zero-order valence-corrected chi connectivity index (χ0v) is 7.02. The first-order chi connectivity index (χ1) is 5.81. The van der Waals surface area contributed by atoms with E-state index in [0.29, 0.717) is 0 Å². The third kappa shape index (κ3) is 0.947. The minimum Gasteiger partial charge on any atom is -0.384 e. The maximum absolute atomic E-state index is 8.72. The SMILES string of the molecule is Cc1cc(C#N)cc2c1NCC2. The van der Waals surface area contributed by atoms with Gasteiger partial charge in [0.1, 0.15) is 0 Å². The molecule has 2 nitrogen and oxygen atoms in total. The van der Waals surface area contributed by atoms with E-state index in [9.17, 15) is 0 Å². The van der Waals surface area contributed by atoms with E-state index in [1.165, 1.54) is 16.8 Å². The number of rotatable bonds is 0. The van der Waals surface area contributed by atoms with E-state index in [0.717, 1.165) is 18.5 Å². The molecule has 1 aliphatic rings. The summed E-state index contributed by atoms with van der Waals surface area (Å²) in [5.74, 6) is 0. The second-order valence-electron chi connectivity index (χ2n) is 3.12. The monoisotopic (exact) mass is 158 g/mol. The summed E-state index contributed by atoms with van der Waals surface area (Å²) >= 11 is 0. The van der Waals surface area contributed by atoms with Crippen molar-refractivity contribution < 1.29 is 0 Å². The van der Waals surface area contributed by atoms with Crippen LogP contribution in [0.5, 0.6) is 0 Å². The van der Waals surface area contributed by atoms with E-state index in [1.807, 2.05) is 19.1 Å². The first kappa shape index (κ1) is 7.17. The lowest BCUT2D eigenvalue weighted by Gasteiger charge is -2.03. The first-order valence-corrected chi connectivity index (χ1v) is 4.09. The molecule has 0 spiro atoms. The summed E-state index contributed by atoms with van der Waals surface area (Å²) in [6.45, 7) is 3.04. The van der Waals surface area contributed by atoms with Gasteiger partial charge in [0, 0.05) is 12.2 Å². The standard InChI is InChI=1S/C10H10N2/c1-7-4-8(6-11)5-9-2-3-12-10(7)9/h4-5,12H,2-3H2,1H3. The number of hydrogen-bond acceptors (Lipinski definition) is 2. The summed E-state index contributed by atoms with van der Waals surface area (Å²) in [7, 11) is 0. The van der Waals surface area contributed by atoms with Gasteiger partial charge in [0.2, 0.25) is 0 Å². The lowest BCUT2D eigenvalue weighted by atomic mass is 10.0. The fourth-order valence-corrected chi connectivity index (χ4v) is 1.70. The van der Waals surface area contributed by atoms with Crippen LogP contribution < -0.4 is 5.32 Å². The highest BCUT2D eigenvalue weighted by Gasteiger charge is 2.12. The van der Waals surface area contributed by atoms with E-state index in [4.69, 9.17) is 5.26 Å². The molecule has 0 saturated heterocycles. The molecule has 1 aliphatic heterocycles. The lowest BCUT2D eigenvalue weighted by molar-refractivity contribution is 1.10. The van der Waals surface area contributed by atoms with E-state index >= 15 is 0 Å². The van der Waals surface area contributed by atoms with Gasteiger partial charge >= 0.3 is 0 Å². The van der Waals surface area contributed by atoms with E-state index in [2.05, 4.69) is 11.4 Å². The molecule has 2 rings (SSSR count). The van der Waals surface area contributed by atoms with Crippen molar-refractivity contribution >= 4 is 5.69 Å². The second kappa shape index (κ2) is 2.53. The van der Waals surface area contributed by atoms with Crippen LogP contribution in [0.25, 0.3) is 0 Å². The van der Waals surface area contributed by atoms with E-state index in [-0.39, 0.29) is 0 Å². The molecule has 12 heavy (non-hydrogen) atoms. The van der Waals surface area contributed by atoms with Crippen molar-refractivity contribution in [1.29, 1.82) is 5.26 Å². The Morgan fingerprint density at radius 2 is 2.33 bits per heavy atom. The van der Waals surface area contributed by atoms with Gasteiger partial charge in [-0.05, 0) is 36.6 Å². The zero-order chi connectivity index (χ0) is 8.55. The molecule has 0 fully saturated rings. The summed E-state index contributed by atoms with van der Waals surface area (Å²) in [5.41, 5.74) is 4.47. The lowest BCUT2D eigenvalue weighted by Crippen LogP contribution is -1.92. The molecular formula is C10H10N2. The Balaban J connectivity index is 2.60. The number of aryl methyl sites for hydroxylation is 1. The predicted octanol–water partition coefficient (Wildman–Crippen LogP) is 1.83. The molecule has 0 bridgehead atoms. The number of hydrogen-bond donors (Lipinski definition) is 1. The molecule has 1 heterocycles. The van der Waals surface area contributed by atoms with Crippen molar-refractivity contribution in [2.75, 3.05) is 11.9 Å². The average Bonchev–Trinajstić information content (AvgIpc) is 2.52. The van der Waals surface area contributed by atoms with Gasteiger partial charge in [-0.1, -0.05) is 0 Å². The molecule has 1 aromatic carbocycles. The average molecular weight is 158 g/mol. The molecule has 1 N–H and O–H groups in total. The van der Waals surface area contributed by atoms with Crippen molar-refractivity contribution in [3.63, 3.8) is 0 Å². The van der Waals surface area contributed by atoms with Crippen molar-refractivity contribution in [1.82, 2.24) is 0 Å². The molecule has 60 valence electrons. The number of benzene rings is 1. The van der Waals surface area contributed by atoms with Crippen LogP contribution in [0.15, 0.2) is 12.1 Å². The van der Waals surface area contributed by atoms with Crippen LogP contribution in [0.1, 0.15) is 16.7 Å². The molecule has 0 atom stereocenters.